The molecular formula is C15H16BrNO3S. The van der Waals surface area contributed by atoms with Gasteiger partial charge in [0.2, 0.25) is 0 Å². The molecule has 2 heterocycles. The summed E-state index contributed by atoms with van der Waals surface area (Å²) in [6, 6.07) is 3.43. The standard InChI is InChI=1S/C15H16BrNO3S/c1-4-20-15(19)14-9(2)7-13(18)17(10(14)3)8-12-11(16)5-6-21-12/h5-7H,4,8H2,1-3H3. The van der Waals surface area contributed by atoms with E-state index in [1.165, 1.54) is 6.07 Å². The molecule has 21 heavy (non-hydrogen) atoms. The maximum absolute atomic E-state index is 12.2. The Morgan fingerprint density at radius 1 is 1.43 bits per heavy atom. The number of thiophene rings is 1. The Morgan fingerprint density at radius 3 is 2.71 bits per heavy atom. The first-order valence-electron chi connectivity index (χ1n) is 6.55. The minimum absolute atomic E-state index is 0.113. The third-order valence-electron chi connectivity index (χ3n) is 3.24. The molecule has 0 aliphatic carbocycles. The number of ether oxygens (including phenoxy) is 1. The molecule has 2 rings (SSSR count). The minimum atomic E-state index is -0.383. The number of halogens is 1. The highest BCUT2D eigenvalue weighted by atomic mass is 79.9. The highest BCUT2D eigenvalue weighted by molar-refractivity contribution is 9.10. The van der Waals surface area contributed by atoms with E-state index in [1.54, 1.807) is 36.7 Å². The van der Waals surface area contributed by atoms with Crippen LogP contribution in [0, 0.1) is 13.8 Å². The molecule has 0 N–H and O–H groups in total. The van der Waals surface area contributed by atoms with Gasteiger partial charge in [0.1, 0.15) is 0 Å². The molecule has 0 atom stereocenters. The summed E-state index contributed by atoms with van der Waals surface area (Å²) >= 11 is 5.03. The highest BCUT2D eigenvalue weighted by Crippen LogP contribution is 2.24. The number of hydrogen-bond donors (Lipinski definition) is 0. The van der Waals surface area contributed by atoms with Crippen molar-refractivity contribution < 1.29 is 9.53 Å². The summed E-state index contributed by atoms with van der Waals surface area (Å²) in [5.41, 5.74) is 1.65. The Bertz CT molecular complexity index is 733. The van der Waals surface area contributed by atoms with Crippen LogP contribution in [-0.4, -0.2) is 17.1 Å². The Balaban J connectivity index is 2.51. The van der Waals surface area contributed by atoms with Crippen molar-refractivity contribution in [3.63, 3.8) is 0 Å². The van der Waals surface area contributed by atoms with Gasteiger partial charge in [-0.2, -0.15) is 0 Å². The fourth-order valence-electron chi connectivity index (χ4n) is 2.21. The zero-order valence-electron chi connectivity index (χ0n) is 12.1. The van der Waals surface area contributed by atoms with Crippen LogP contribution in [0.5, 0.6) is 0 Å². The summed E-state index contributed by atoms with van der Waals surface area (Å²) in [6.45, 7) is 6.05. The zero-order valence-corrected chi connectivity index (χ0v) is 14.5. The van der Waals surface area contributed by atoms with Crippen molar-refractivity contribution in [1.29, 1.82) is 0 Å². The predicted octanol–water partition coefficient (Wildman–Crippen LogP) is 3.51. The lowest BCUT2D eigenvalue weighted by molar-refractivity contribution is 0.0523. The summed E-state index contributed by atoms with van der Waals surface area (Å²) < 4.78 is 7.66. The van der Waals surface area contributed by atoms with Gasteiger partial charge in [-0.1, -0.05) is 0 Å². The molecule has 4 nitrogen and oxygen atoms in total. The van der Waals surface area contributed by atoms with E-state index >= 15 is 0 Å². The van der Waals surface area contributed by atoms with Crippen LogP contribution in [0.25, 0.3) is 0 Å². The SMILES string of the molecule is CCOC(=O)c1c(C)cc(=O)n(Cc2sccc2Br)c1C. The molecule has 0 aromatic carbocycles. The molecule has 0 amide bonds. The molecule has 0 unspecified atom stereocenters. The molecule has 6 heteroatoms. The molecule has 0 fully saturated rings. The summed E-state index contributed by atoms with van der Waals surface area (Å²) in [5.74, 6) is -0.383. The van der Waals surface area contributed by atoms with Crippen LogP contribution in [0.3, 0.4) is 0 Å². The van der Waals surface area contributed by atoms with Crippen molar-refractivity contribution in [3.05, 3.63) is 54.0 Å². The van der Waals surface area contributed by atoms with Crippen molar-refractivity contribution in [2.75, 3.05) is 6.61 Å². The molecule has 0 saturated carbocycles. The van der Waals surface area contributed by atoms with Crippen LogP contribution < -0.4 is 5.56 Å². The first kappa shape index (κ1) is 16.0. The van der Waals surface area contributed by atoms with Crippen molar-refractivity contribution >= 4 is 33.2 Å². The molecule has 0 saturated heterocycles. The van der Waals surface area contributed by atoms with E-state index in [9.17, 15) is 9.59 Å². The van der Waals surface area contributed by atoms with Crippen LogP contribution in [0.1, 0.15) is 33.4 Å². The van der Waals surface area contributed by atoms with Gasteiger partial charge in [-0.3, -0.25) is 4.79 Å². The Hall–Kier alpha value is -1.40. The van der Waals surface area contributed by atoms with Gasteiger partial charge in [-0.25, -0.2) is 4.79 Å². The van der Waals surface area contributed by atoms with E-state index < -0.39 is 0 Å². The molecule has 2 aromatic heterocycles. The van der Waals surface area contributed by atoms with Crippen LogP contribution in [0.4, 0.5) is 0 Å². The Morgan fingerprint density at radius 2 is 2.14 bits per heavy atom. The van der Waals surface area contributed by atoms with E-state index in [2.05, 4.69) is 15.9 Å². The van der Waals surface area contributed by atoms with Gasteiger partial charge in [-0.15, -0.1) is 11.3 Å². The number of nitrogens with zero attached hydrogens (tertiary/aromatic N) is 1. The lowest BCUT2D eigenvalue weighted by atomic mass is 10.1. The predicted molar refractivity (Wildman–Crippen MR) is 87.3 cm³/mol. The van der Waals surface area contributed by atoms with Gasteiger partial charge in [0, 0.05) is 21.1 Å². The van der Waals surface area contributed by atoms with Gasteiger partial charge in [0.15, 0.2) is 0 Å². The first-order chi connectivity index (χ1) is 9.95. The number of pyridine rings is 1. The van der Waals surface area contributed by atoms with E-state index in [1.807, 2.05) is 11.4 Å². The molecule has 112 valence electrons. The number of esters is 1. The average molecular weight is 370 g/mol. The maximum atomic E-state index is 12.2. The van der Waals surface area contributed by atoms with Gasteiger partial charge >= 0.3 is 5.97 Å². The summed E-state index contributed by atoms with van der Waals surface area (Å²) in [4.78, 5) is 25.3. The van der Waals surface area contributed by atoms with Gasteiger partial charge in [0.25, 0.3) is 5.56 Å². The van der Waals surface area contributed by atoms with E-state index in [-0.39, 0.29) is 11.5 Å². The summed E-state index contributed by atoms with van der Waals surface area (Å²) in [6.07, 6.45) is 0. The fraction of sp³-hybridized carbons (Fsp3) is 0.333. The van der Waals surface area contributed by atoms with Gasteiger partial charge in [-0.05, 0) is 53.7 Å². The zero-order chi connectivity index (χ0) is 15.6. The molecular weight excluding hydrogens is 354 g/mol. The molecule has 0 bridgehead atoms. The van der Waals surface area contributed by atoms with Crippen LogP contribution >= 0.6 is 27.3 Å². The van der Waals surface area contributed by atoms with E-state index in [0.29, 0.717) is 30.0 Å². The number of aryl methyl sites for hydroxylation is 1. The highest BCUT2D eigenvalue weighted by Gasteiger charge is 2.18. The van der Waals surface area contributed by atoms with E-state index in [0.717, 1.165) is 9.35 Å². The van der Waals surface area contributed by atoms with Crippen LogP contribution in [0.2, 0.25) is 0 Å². The Labute approximate surface area is 135 Å². The number of aromatic nitrogens is 1. The fourth-order valence-corrected chi connectivity index (χ4v) is 3.68. The smallest absolute Gasteiger partial charge is 0.340 e. The largest absolute Gasteiger partial charge is 0.462 e. The number of rotatable bonds is 4. The quantitative estimate of drug-likeness (QED) is 0.774. The van der Waals surface area contributed by atoms with Crippen molar-refractivity contribution in [1.82, 2.24) is 4.57 Å². The second-order valence-corrected chi connectivity index (χ2v) is 6.48. The Kier molecular flexibility index (Phi) is 5.00. The van der Waals surface area contributed by atoms with Crippen LogP contribution in [0.15, 0.2) is 26.8 Å². The van der Waals surface area contributed by atoms with Gasteiger partial charge in [0.05, 0.1) is 18.7 Å². The first-order valence-corrected chi connectivity index (χ1v) is 8.23. The number of carbonyl (C=O) groups excluding carboxylic acids is 1. The molecule has 0 aliphatic heterocycles. The lowest BCUT2D eigenvalue weighted by Crippen LogP contribution is -2.26. The number of hydrogen-bond acceptors (Lipinski definition) is 4. The van der Waals surface area contributed by atoms with Crippen molar-refractivity contribution in [2.45, 2.75) is 27.3 Å². The van der Waals surface area contributed by atoms with E-state index in [4.69, 9.17) is 4.74 Å². The number of carbonyl (C=O) groups is 1. The maximum Gasteiger partial charge on any atom is 0.340 e. The normalized spacial score (nSPS) is 10.7. The monoisotopic (exact) mass is 369 g/mol. The molecule has 2 aromatic rings. The average Bonchev–Trinajstić information content (AvgIpc) is 2.80. The molecule has 0 spiro atoms. The minimum Gasteiger partial charge on any atom is -0.462 e. The lowest BCUT2D eigenvalue weighted by Gasteiger charge is -2.15. The third-order valence-corrected chi connectivity index (χ3v) is 5.15. The van der Waals surface area contributed by atoms with Crippen molar-refractivity contribution in [2.24, 2.45) is 0 Å². The summed E-state index contributed by atoms with van der Waals surface area (Å²) in [5, 5.41) is 1.96. The second kappa shape index (κ2) is 6.58. The topological polar surface area (TPSA) is 48.3 Å². The third kappa shape index (κ3) is 3.27. The molecule has 0 aliphatic rings. The van der Waals surface area contributed by atoms with Crippen molar-refractivity contribution in [3.8, 4) is 0 Å². The van der Waals surface area contributed by atoms with Crippen LogP contribution in [-0.2, 0) is 11.3 Å². The van der Waals surface area contributed by atoms with Gasteiger partial charge < -0.3 is 9.30 Å². The summed E-state index contributed by atoms with van der Waals surface area (Å²) in [7, 11) is 0. The second-order valence-electron chi connectivity index (χ2n) is 4.62. The molecule has 0 radical (unpaired) electrons.